The summed E-state index contributed by atoms with van der Waals surface area (Å²) in [7, 11) is 1.64. The zero-order valence-electron chi connectivity index (χ0n) is 12.1. The molecule has 0 aliphatic rings. The molecule has 0 amide bonds. The zero-order chi connectivity index (χ0) is 15.1. The van der Waals surface area contributed by atoms with E-state index in [-0.39, 0.29) is 0 Å². The number of benzene rings is 1. The number of nitrogens with one attached hydrogen (secondary N) is 1. The van der Waals surface area contributed by atoms with Gasteiger partial charge in [-0.3, -0.25) is 0 Å². The Morgan fingerprint density at radius 3 is 2.81 bits per heavy atom. The SMILES string of the molecule is COCCOc1ccc(Nc2cccc(C#N)n2)c(C)c1. The van der Waals surface area contributed by atoms with Crippen LogP contribution in [0.2, 0.25) is 0 Å². The molecule has 0 unspecified atom stereocenters. The number of nitrogens with zero attached hydrogens (tertiary/aromatic N) is 2. The Hall–Kier alpha value is -2.58. The summed E-state index contributed by atoms with van der Waals surface area (Å²) in [5, 5.41) is 12.1. The summed E-state index contributed by atoms with van der Waals surface area (Å²) in [5.74, 6) is 1.44. The molecular weight excluding hydrogens is 266 g/mol. The molecule has 0 aliphatic heterocycles. The molecule has 21 heavy (non-hydrogen) atoms. The van der Waals surface area contributed by atoms with E-state index in [0.29, 0.717) is 24.7 Å². The number of nitriles is 1. The highest BCUT2D eigenvalue weighted by Gasteiger charge is 2.03. The number of pyridine rings is 1. The van der Waals surface area contributed by atoms with Crippen LogP contribution in [0.4, 0.5) is 11.5 Å². The molecule has 5 nitrogen and oxygen atoms in total. The van der Waals surface area contributed by atoms with Gasteiger partial charge in [-0.05, 0) is 42.8 Å². The van der Waals surface area contributed by atoms with Gasteiger partial charge in [-0.1, -0.05) is 6.07 Å². The van der Waals surface area contributed by atoms with Gasteiger partial charge in [0, 0.05) is 12.8 Å². The maximum Gasteiger partial charge on any atom is 0.142 e. The molecule has 0 atom stereocenters. The minimum absolute atomic E-state index is 0.386. The molecule has 5 heteroatoms. The van der Waals surface area contributed by atoms with Gasteiger partial charge in [0.1, 0.15) is 29.9 Å². The Morgan fingerprint density at radius 2 is 2.10 bits per heavy atom. The van der Waals surface area contributed by atoms with Crippen molar-refractivity contribution in [2.45, 2.75) is 6.92 Å². The first-order chi connectivity index (χ1) is 10.2. The van der Waals surface area contributed by atoms with E-state index in [1.54, 1.807) is 19.2 Å². The van der Waals surface area contributed by atoms with Crippen molar-refractivity contribution in [3.8, 4) is 11.8 Å². The zero-order valence-corrected chi connectivity index (χ0v) is 12.1. The molecule has 108 valence electrons. The first kappa shape index (κ1) is 14.8. The van der Waals surface area contributed by atoms with E-state index >= 15 is 0 Å². The second-order valence-electron chi connectivity index (χ2n) is 4.46. The maximum absolute atomic E-state index is 8.85. The number of methoxy groups -OCH3 is 1. The first-order valence-electron chi connectivity index (χ1n) is 6.59. The van der Waals surface area contributed by atoms with E-state index < -0.39 is 0 Å². The number of anilines is 2. The van der Waals surface area contributed by atoms with Gasteiger partial charge < -0.3 is 14.8 Å². The fourth-order valence-electron chi connectivity index (χ4n) is 1.81. The van der Waals surface area contributed by atoms with Crippen LogP contribution in [0.1, 0.15) is 11.3 Å². The van der Waals surface area contributed by atoms with E-state index in [0.717, 1.165) is 17.0 Å². The molecule has 0 radical (unpaired) electrons. The average molecular weight is 283 g/mol. The van der Waals surface area contributed by atoms with Crippen LogP contribution in [0.3, 0.4) is 0 Å². The van der Waals surface area contributed by atoms with Gasteiger partial charge >= 0.3 is 0 Å². The van der Waals surface area contributed by atoms with Crippen molar-refractivity contribution in [3.63, 3.8) is 0 Å². The molecule has 1 N–H and O–H groups in total. The molecule has 2 aromatic rings. The normalized spacial score (nSPS) is 9.95. The average Bonchev–Trinajstić information content (AvgIpc) is 2.50. The van der Waals surface area contributed by atoms with E-state index in [9.17, 15) is 0 Å². The van der Waals surface area contributed by atoms with Crippen LogP contribution in [0, 0.1) is 18.3 Å². The monoisotopic (exact) mass is 283 g/mol. The standard InChI is InChI=1S/C16H17N3O2/c1-12-10-14(21-9-8-20-2)6-7-15(12)19-16-5-3-4-13(11-17)18-16/h3-7,10H,8-9H2,1-2H3,(H,18,19). The molecule has 1 aromatic carbocycles. The summed E-state index contributed by atoms with van der Waals surface area (Å²) in [4.78, 5) is 4.19. The lowest BCUT2D eigenvalue weighted by molar-refractivity contribution is 0.146. The lowest BCUT2D eigenvalue weighted by Crippen LogP contribution is -2.04. The van der Waals surface area contributed by atoms with Gasteiger partial charge in [0.15, 0.2) is 0 Å². The molecular formula is C16H17N3O2. The summed E-state index contributed by atoms with van der Waals surface area (Å²) in [6.07, 6.45) is 0. The molecule has 0 aliphatic carbocycles. The first-order valence-corrected chi connectivity index (χ1v) is 6.59. The molecule has 0 saturated heterocycles. The topological polar surface area (TPSA) is 67.2 Å². The highest BCUT2D eigenvalue weighted by atomic mass is 16.5. The van der Waals surface area contributed by atoms with E-state index in [1.165, 1.54) is 0 Å². The summed E-state index contributed by atoms with van der Waals surface area (Å²) in [5.41, 5.74) is 2.35. The molecule has 0 bridgehead atoms. The number of hydrogen-bond donors (Lipinski definition) is 1. The summed E-state index contributed by atoms with van der Waals surface area (Å²) in [6.45, 7) is 3.07. The molecule has 1 aromatic heterocycles. The summed E-state index contributed by atoms with van der Waals surface area (Å²) in [6, 6.07) is 13.1. The van der Waals surface area contributed by atoms with Crippen LogP contribution in [0.15, 0.2) is 36.4 Å². The Balaban J connectivity index is 2.08. The predicted molar refractivity (Wildman–Crippen MR) is 80.8 cm³/mol. The fourth-order valence-corrected chi connectivity index (χ4v) is 1.81. The van der Waals surface area contributed by atoms with Crippen LogP contribution in [-0.2, 0) is 4.74 Å². The van der Waals surface area contributed by atoms with Gasteiger partial charge in [-0.25, -0.2) is 4.98 Å². The number of hydrogen-bond acceptors (Lipinski definition) is 5. The lowest BCUT2D eigenvalue weighted by atomic mass is 10.2. The minimum atomic E-state index is 0.386. The van der Waals surface area contributed by atoms with Crippen molar-refractivity contribution in [2.75, 3.05) is 25.6 Å². The Morgan fingerprint density at radius 1 is 1.24 bits per heavy atom. The van der Waals surface area contributed by atoms with E-state index in [4.69, 9.17) is 14.7 Å². The molecule has 0 saturated carbocycles. The van der Waals surface area contributed by atoms with Crippen LogP contribution in [0.25, 0.3) is 0 Å². The molecule has 2 rings (SSSR count). The fraction of sp³-hybridized carbons (Fsp3) is 0.250. The third kappa shape index (κ3) is 4.20. The van der Waals surface area contributed by atoms with Gasteiger partial charge in [0.2, 0.25) is 0 Å². The number of ether oxygens (including phenoxy) is 2. The van der Waals surface area contributed by atoms with Gasteiger partial charge in [0.05, 0.1) is 6.61 Å². The van der Waals surface area contributed by atoms with Crippen LogP contribution < -0.4 is 10.1 Å². The van der Waals surface area contributed by atoms with Crippen LogP contribution in [0.5, 0.6) is 5.75 Å². The minimum Gasteiger partial charge on any atom is -0.491 e. The number of aryl methyl sites for hydroxylation is 1. The van der Waals surface area contributed by atoms with Crippen molar-refractivity contribution in [2.24, 2.45) is 0 Å². The summed E-state index contributed by atoms with van der Waals surface area (Å²) >= 11 is 0. The van der Waals surface area contributed by atoms with Crippen molar-refractivity contribution in [1.82, 2.24) is 4.98 Å². The van der Waals surface area contributed by atoms with Crippen molar-refractivity contribution in [3.05, 3.63) is 47.7 Å². The summed E-state index contributed by atoms with van der Waals surface area (Å²) < 4.78 is 10.5. The number of aromatic nitrogens is 1. The predicted octanol–water partition coefficient (Wildman–Crippen LogP) is 3.03. The van der Waals surface area contributed by atoms with E-state index in [2.05, 4.69) is 10.3 Å². The van der Waals surface area contributed by atoms with Gasteiger partial charge in [-0.2, -0.15) is 5.26 Å². The van der Waals surface area contributed by atoms with Crippen LogP contribution >= 0.6 is 0 Å². The smallest absolute Gasteiger partial charge is 0.142 e. The maximum atomic E-state index is 8.85. The van der Waals surface area contributed by atoms with E-state index in [1.807, 2.05) is 37.3 Å². The third-order valence-electron chi connectivity index (χ3n) is 2.88. The van der Waals surface area contributed by atoms with Gasteiger partial charge in [-0.15, -0.1) is 0 Å². The molecule has 1 heterocycles. The highest BCUT2D eigenvalue weighted by Crippen LogP contribution is 2.24. The molecule has 0 fully saturated rings. The quantitative estimate of drug-likeness (QED) is 0.825. The largest absolute Gasteiger partial charge is 0.491 e. The van der Waals surface area contributed by atoms with Crippen molar-refractivity contribution < 1.29 is 9.47 Å². The van der Waals surface area contributed by atoms with Gasteiger partial charge in [0.25, 0.3) is 0 Å². The second-order valence-corrected chi connectivity index (χ2v) is 4.46. The second kappa shape index (κ2) is 7.27. The van der Waals surface area contributed by atoms with Crippen molar-refractivity contribution in [1.29, 1.82) is 5.26 Å². The number of rotatable bonds is 6. The Labute approximate surface area is 124 Å². The Kier molecular flexibility index (Phi) is 5.13. The third-order valence-corrected chi connectivity index (χ3v) is 2.88. The lowest BCUT2D eigenvalue weighted by Gasteiger charge is -2.11. The Bertz CT molecular complexity index is 650. The molecule has 0 spiro atoms. The van der Waals surface area contributed by atoms with Crippen molar-refractivity contribution >= 4 is 11.5 Å². The van der Waals surface area contributed by atoms with Crippen LogP contribution in [-0.4, -0.2) is 25.3 Å². The highest BCUT2D eigenvalue weighted by molar-refractivity contribution is 5.62.